The van der Waals surface area contributed by atoms with Gasteiger partial charge in [0.05, 0.1) is 46.2 Å². The van der Waals surface area contributed by atoms with E-state index in [4.69, 9.17) is 24.7 Å². The van der Waals surface area contributed by atoms with Crippen LogP contribution < -0.4 is 5.73 Å². The fourth-order valence-corrected chi connectivity index (χ4v) is 2.14. The number of ether oxygens (including phenoxy) is 4. The summed E-state index contributed by atoms with van der Waals surface area (Å²) in [6.45, 7) is 6.02. The van der Waals surface area contributed by atoms with Crippen molar-refractivity contribution in [3.8, 4) is 0 Å². The van der Waals surface area contributed by atoms with Crippen molar-refractivity contribution in [2.45, 2.75) is 19.3 Å². The number of nitrogens with zero attached hydrogens (tertiary/aromatic N) is 1. The van der Waals surface area contributed by atoms with Gasteiger partial charge in [0.2, 0.25) is 5.91 Å². The molecule has 0 spiro atoms. The largest absolute Gasteiger partial charge is 0.378 e. The lowest BCUT2D eigenvalue weighted by Crippen LogP contribution is -2.38. The van der Waals surface area contributed by atoms with Crippen molar-refractivity contribution in [2.24, 2.45) is 5.73 Å². The lowest BCUT2D eigenvalue weighted by atomic mass is 10.1. The van der Waals surface area contributed by atoms with Gasteiger partial charge in [-0.1, -0.05) is 0 Å². The van der Waals surface area contributed by atoms with E-state index in [1.165, 1.54) is 6.42 Å². The molecule has 0 saturated carbocycles. The minimum absolute atomic E-state index is 0.0838. The van der Waals surface area contributed by atoms with Crippen LogP contribution in [0.4, 0.5) is 0 Å². The molecule has 7 heteroatoms. The van der Waals surface area contributed by atoms with E-state index in [9.17, 15) is 4.79 Å². The predicted molar refractivity (Wildman–Crippen MR) is 82.8 cm³/mol. The number of piperidine rings is 1. The van der Waals surface area contributed by atoms with Crippen molar-refractivity contribution in [3.63, 3.8) is 0 Å². The molecule has 0 aromatic heterocycles. The summed E-state index contributed by atoms with van der Waals surface area (Å²) >= 11 is 0. The monoisotopic (exact) mass is 318 g/mol. The van der Waals surface area contributed by atoms with Crippen molar-refractivity contribution in [1.82, 2.24) is 4.90 Å². The van der Waals surface area contributed by atoms with Crippen molar-refractivity contribution >= 4 is 5.91 Å². The molecule has 22 heavy (non-hydrogen) atoms. The van der Waals surface area contributed by atoms with Crippen LogP contribution in [0, 0.1) is 0 Å². The molecule has 0 aliphatic carbocycles. The van der Waals surface area contributed by atoms with Crippen LogP contribution in [0.25, 0.3) is 0 Å². The number of amides is 1. The van der Waals surface area contributed by atoms with E-state index in [1.807, 2.05) is 4.90 Å². The Hall–Kier alpha value is -0.730. The van der Waals surface area contributed by atoms with Crippen LogP contribution in [0.15, 0.2) is 0 Å². The number of nitrogens with two attached hydrogens (primary N) is 1. The first-order chi connectivity index (χ1) is 10.8. The Morgan fingerprint density at radius 2 is 1.27 bits per heavy atom. The Balaban J connectivity index is 1.78. The molecule has 0 atom stereocenters. The van der Waals surface area contributed by atoms with Gasteiger partial charge in [-0.2, -0.15) is 0 Å². The Morgan fingerprint density at radius 3 is 1.82 bits per heavy atom. The second-order valence-electron chi connectivity index (χ2n) is 5.12. The van der Waals surface area contributed by atoms with Crippen molar-refractivity contribution in [2.75, 3.05) is 72.5 Å². The first-order valence-electron chi connectivity index (χ1n) is 8.13. The molecule has 0 aromatic carbocycles. The second kappa shape index (κ2) is 13.9. The van der Waals surface area contributed by atoms with Crippen LogP contribution in [0.2, 0.25) is 0 Å². The Kier molecular flexibility index (Phi) is 12.2. The number of likely N-dealkylation sites (tertiary alicyclic amines) is 1. The fraction of sp³-hybridized carbons (Fsp3) is 0.933. The van der Waals surface area contributed by atoms with Crippen LogP contribution in [0.3, 0.4) is 0 Å². The predicted octanol–water partition coefficient (Wildman–Crippen LogP) is 0.0240. The van der Waals surface area contributed by atoms with Crippen LogP contribution >= 0.6 is 0 Å². The minimum Gasteiger partial charge on any atom is -0.378 e. The highest BCUT2D eigenvalue weighted by atomic mass is 16.6. The van der Waals surface area contributed by atoms with Gasteiger partial charge in [-0.05, 0) is 19.3 Å². The molecule has 0 bridgehead atoms. The van der Waals surface area contributed by atoms with Crippen molar-refractivity contribution in [3.05, 3.63) is 0 Å². The molecule has 0 radical (unpaired) electrons. The van der Waals surface area contributed by atoms with Crippen molar-refractivity contribution in [1.29, 1.82) is 0 Å². The summed E-state index contributed by atoms with van der Waals surface area (Å²) in [4.78, 5) is 13.7. The molecule has 1 fully saturated rings. The molecule has 1 saturated heterocycles. The topological polar surface area (TPSA) is 83.3 Å². The van der Waals surface area contributed by atoms with Gasteiger partial charge < -0.3 is 29.6 Å². The summed E-state index contributed by atoms with van der Waals surface area (Å²) < 4.78 is 21.2. The number of hydrogen-bond acceptors (Lipinski definition) is 6. The van der Waals surface area contributed by atoms with E-state index < -0.39 is 0 Å². The molecule has 2 N–H and O–H groups in total. The van der Waals surface area contributed by atoms with E-state index in [-0.39, 0.29) is 12.5 Å². The van der Waals surface area contributed by atoms with Crippen LogP contribution in [0.1, 0.15) is 19.3 Å². The van der Waals surface area contributed by atoms with Gasteiger partial charge in [0.25, 0.3) is 0 Å². The maximum Gasteiger partial charge on any atom is 0.248 e. The van der Waals surface area contributed by atoms with E-state index in [2.05, 4.69) is 0 Å². The van der Waals surface area contributed by atoms with Gasteiger partial charge in [-0.15, -0.1) is 0 Å². The number of rotatable bonds is 13. The maximum atomic E-state index is 11.8. The Labute approximate surface area is 133 Å². The normalized spacial score (nSPS) is 15.2. The third-order valence-electron chi connectivity index (χ3n) is 3.31. The fourth-order valence-electron chi connectivity index (χ4n) is 2.14. The van der Waals surface area contributed by atoms with Crippen LogP contribution in [0.5, 0.6) is 0 Å². The van der Waals surface area contributed by atoms with Gasteiger partial charge in [-0.25, -0.2) is 0 Å². The number of carbonyl (C=O) groups excluding carboxylic acids is 1. The third-order valence-corrected chi connectivity index (χ3v) is 3.31. The van der Waals surface area contributed by atoms with Crippen LogP contribution in [-0.4, -0.2) is 83.3 Å². The first kappa shape index (κ1) is 19.3. The molecule has 7 nitrogen and oxygen atoms in total. The van der Waals surface area contributed by atoms with Gasteiger partial charge in [-0.3, -0.25) is 4.79 Å². The number of hydrogen-bond donors (Lipinski definition) is 1. The average molecular weight is 318 g/mol. The molecular weight excluding hydrogens is 288 g/mol. The summed E-state index contributed by atoms with van der Waals surface area (Å²) in [5.74, 6) is 0.0838. The molecule has 1 aliphatic rings. The smallest absolute Gasteiger partial charge is 0.248 e. The zero-order chi connectivity index (χ0) is 15.9. The average Bonchev–Trinajstić information content (AvgIpc) is 2.56. The standard InChI is InChI=1S/C15H30N2O5/c16-4-7-19-8-9-20-10-11-21-12-13-22-14-15(18)17-5-2-1-3-6-17/h1-14,16H2. The third kappa shape index (κ3) is 10.1. The molecule has 1 heterocycles. The molecule has 1 aliphatic heterocycles. The zero-order valence-corrected chi connectivity index (χ0v) is 13.5. The van der Waals surface area contributed by atoms with Gasteiger partial charge >= 0.3 is 0 Å². The molecule has 0 unspecified atom stereocenters. The lowest BCUT2D eigenvalue weighted by Gasteiger charge is -2.26. The summed E-state index contributed by atoms with van der Waals surface area (Å²) in [6.07, 6.45) is 3.43. The number of carbonyl (C=O) groups is 1. The quantitative estimate of drug-likeness (QED) is 0.482. The van der Waals surface area contributed by atoms with Gasteiger partial charge in [0.1, 0.15) is 6.61 Å². The van der Waals surface area contributed by atoms with Crippen molar-refractivity contribution < 1.29 is 23.7 Å². The van der Waals surface area contributed by atoms with E-state index in [0.717, 1.165) is 25.9 Å². The molecular formula is C15H30N2O5. The molecule has 130 valence electrons. The van der Waals surface area contributed by atoms with Gasteiger partial charge in [0, 0.05) is 19.6 Å². The zero-order valence-electron chi connectivity index (χ0n) is 13.5. The molecule has 1 amide bonds. The first-order valence-corrected chi connectivity index (χ1v) is 8.13. The highest BCUT2D eigenvalue weighted by Gasteiger charge is 2.15. The summed E-state index contributed by atoms with van der Waals surface area (Å²) in [5, 5.41) is 0. The van der Waals surface area contributed by atoms with E-state index in [1.54, 1.807) is 0 Å². The molecule has 0 aromatic rings. The lowest BCUT2D eigenvalue weighted by molar-refractivity contribution is -0.137. The SMILES string of the molecule is NCCOCCOCCOCCOCC(=O)N1CCCCC1. The summed E-state index contributed by atoms with van der Waals surface area (Å²) in [5.41, 5.74) is 5.29. The maximum absolute atomic E-state index is 11.8. The van der Waals surface area contributed by atoms with E-state index >= 15 is 0 Å². The van der Waals surface area contributed by atoms with Gasteiger partial charge in [0.15, 0.2) is 0 Å². The summed E-state index contributed by atoms with van der Waals surface area (Å²) in [7, 11) is 0. The minimum atomic E-state index is 0.0838. The highest BCUT2D eigenvalue weighted by molar-refractivity contribution is 5.77. The Bertz CT molecular complexity index is 273. The Morgan fingerprint density at radius 1 is 0.773 bits per heavy atom. The second-order valence-corrected chi connectivity index (χ2v) is 5.12. The van der Waals surface area contributed by atoms with Crippen LogP contribution in [-0.2, 0) is 23.7 Å². The van der Waals surface area contributed by atoms with E-state index in [0.29, 0.717) is 52.8 Å². The summed E-state index contributed by atoms with van der Waals surface area (Å²) in [6, 6.07) is 0. The molecule has 1 rings (SSSR count). The highest BCUT2D eigenvalue weighted by Crippen LogP contribution is 2.08.